The lowest BCUT2D eigenvalue weighted by molar-refractivity contribution is -0.252. The topological polar surface area (TPSA) is 58.6 Å². The van der Waals surface area contributed by atoms with Gasteiger partial charge in [-0.3, -0.25) is 0 Å². The van der Waals surface area contributed by atoms with Crippen LogP contribution in [0.4, 0.5) is 0 Å². The first-order chi connectivity index (χ1) is 11.5. The van der Waals surface area contributed by atoms with Crippen molar-refractivity contribution in [3.05, 3.63) is 0 Å². The smallest absolute Gasteiger partial charge is 0.190 e. The molecule has 3 aliphatic heterocycles. The highest BCUT2D eigenvalue weighted by atomic mass is 16.9. The summed E-state index contributed by atoms with van der Waals surface area (Å²) in [7, 11) is 4.11. The molecule has 0 spiro atoms. The molecule has 0 aromatic rings. The Balaban J connectivity index is 1.73. The summed E-state index contributed by atoms with van der Waals surface area (Å²) in [5.41, 5.74) is -0.654. The minimum Gasteiger partial charge on any atom is -0.369 e. The number of hydrogen-bond donors (Lipinski definition) is 0. The Morgan fingerprint density at radius 3 is 2.28 bits per heavy atom. The van der Waals surface area contributed by atoms with Crippen molar-refractivity contribution in [2.45, 2.75) is 82.8 Å². The lowest BCUT2D eigenvalue weighted by atomic mass is 9.91. The molecule has 0 bridgehead atoms. The zero-order valence-corrected chi connectivity index (χ0v) is 16.5. The van der Waals surface area contributed by atoms with Gasteiger partial charge >= 0.3 is 0 Å². The molecular weight excluding hydrogens is 326 g/mol. The van der Waals surface area contributed by atoms with Gasteiger partial charge < -0.3 is 33.3 Å². The summed E-state index contributed by atoms with van der Waals surface area (Å²) in [6, 6.07) is 0. The molecule has 3 heterocycles. The molecule has 146 valence electrons. The Kier molecular flexibility index (Phi) is 5.23. The summed E-state index contributed by atoms with van der Waals surface area (Å²) >= 11 is 0. The fourth-order valence-electron chi connectivity index (χ4n) is 3.82. The molecule has 0 aliphatic carbocycles. The minimum atomic E-state index is -0.680. The van der Waals surface area contributed by atoms with E-state index in [1.165, 1.54) is 0 Å². The van der Waals surface area contributed by atoms with Crippen molar-refractivity contribution in [1.82, 2.24) is 4.90 Å². The highest BCUT2D eigenvalue weighted by Gasteiger charge is 2.65. The van der Waals surface area contributed by atoms with Crippen molar-refractivity contribution in [1.29, 1.82) is 0 Å². The number of rotatable bonds is 6. The van der Waals surface area contributed by atoms with Crippen LogP contribution in [0.15, 0.2) is 0 Å². The van der Waals surface area contributed by atoms with Crippen LogP contribution in [0.3, 0.4) is 0 Å². The Morgan fingerprint density at radius 2 is 1.68 bits per heavy atom. The molecule has 0 aromatic heterocycles. The van der Waals surface area contributed by atoms with Gasteiger partial charge in [0.05, 0.1) is 6.61 Å². The third-order valence-corrected chi connectivity index (χ3v) is 5.00. The third-order valence-electron chi connectivity index (χ3n) is 5.00. The van der Waals surface area contributed by atoms with Crippen LogP contribution >= 0.6 is 0 Å². The second-order valence-electron chi connectivity index (χ2n) is 8.54. The molecule has 5 atom stereocenters. The van der Waals surface area contributed by atoms with E-state index >= 15 is 0 Å². The van der Waals surface area contributed by atoms with Crippen LogP contribution in [0.25, 0.3) is 0 Å². The first kappa shape index (κ1) is 19.5. The Bertz CT molecular complexity index is 482. The highest BCUT2D eigenvalue weighted by Crippen LogP contribution is 2.47. The second-order valence-corrected chi connectivity index (χ2v) is 8.54. The van der Waals surface area contributed by atoms with Crippen LogP contribution in [0.1, 0.15) is 41.0 Å². The van der Waals surface area contributed by atoms with Crippen molar-refractivity contribution in [3.63, 3.8) is 0 Å². The Hall–Kier alpha value is -0.280. The monoisotopic (exact) mass is 359 g/mol. The lowest BCUT2D eigenvalue weighted by Crippen LogP contribution is -2.54. The molecule has 25 heavy (non-hydrogen) atoms. The van der Waals surface area contributed by atoms with E-state index in [0.29, 0.717) is 13.2 Å². The van der Waals surface area contributed by atoms with Crippen LogP contribution in [-0.2, 0) is 28.4 Å². The summed E-state index contributed by atoms with van der Waals surface area (Å²) in [4.78, 5) is 2.14. The molecule has 3 saturated heterocycles. The summed E-state index contributed by atoms with van der Waals surface area (Å²) in [6.45, 7) is 11.7. The average Bonchev–Trinajstić information content (AvgIpc) is 3.06. The van der Waals surface area contributed by atoms with Crippen LogP contribution < -0.4 is 0 Å². The van der Waals surface area contributed by atoms with Crippen molar-refractivity contribution < 1.29 is 28.4 Å². The molecule has 3 aliphatic rings. The second kappa shape index (κ2) is 6.71. The quantitative estimate of drug-likeness (QED) is 0.670. The van der Waals surface area contributed by atoms with Gasteiger partial charge in [0.2, 0.25) is 0 Å². The number of nitrogens with zero attached hydrogens (tertiary/aromatic N) is 1. The predicted molar refractivity (Wildman–Crippen MR) is 91.1 cm³/mol. The number of hydrogen-bond acceptors (Lipinski definition) is 7. The van der Waals surface area contributed by atoms with E-state index in [0.717, 1.165) is 13.0 Å². The van der Waals surface area contributed by atoms with Gasteiger partial charge in [-0.05, 0) is 61.7 Å². The zero-order valence-electron chi connectivity index (χ0n) is 16.5. The SMILES string of the molecule is CN(C)CCCOC1(C)C(C2COC(C)(C)O2)OC2OC(C)(C)OC21. The van der Waals surface area contributed by atoms with Crippen molar-refractivity contribution in [2.75, 3.05) is 33.9 Å². The largest absolute Gasteiger partial charge is 0.369 e. The third kappa shape index (κ3) is 4.03. The van der Waals surface area contributed by atoms with E-state index in [1.807, 2.05) is 34.6 Å². The fourth-order valence-corrected chi connectivity index (χ4v) is 3.82. The standard InChI is InChI=1S/C18H33NO6/c1-16(2)21-11-12(23-16)13-18(5,20-10-8-9-19(6)7)14-15(22-13)25-17(3,4)24-14/h12-15H,8-11H2,1-7H3. The van der Waals surface area contributed by atoms with Crippen LogP contribution in [-0.4, -0.2) is 80.5 Å². The van der Waals surface area contributed by atoms with Crippen LogP contribution in [0.2, 0.25) is 0 Å². The van der Waals surface area contributed by atoms with Crippen molar-refractivity contribution in [2.24, 2.45) is 0 Å². The van der Waals surface area contributed by atoms with Gasteiger partial charge in [-0.2, -0.15) is 0 Å². The maximum absolute atomic E-state index is 6.35. The van der Waals surface area contributed by atoms with Crippen molar-refractivity contribution in [3.8, 4) is 0 Å². The molecule has 3 fully saturated rings. The lowest BCUT2D eigenvalue weighted by Gasteiger charge is -2.37. The summed E-state index contributed by atoms with van der Waals surface area (Å²) in [5.74, 6) is -1.29. The highest BCUT2D eigenvalue weighted by molar-refractivity contribution is 5.07. The van der Waals surface area contributed by atoms with Gasteiger partial charge in [0.25, 0.3) is 0 Å². The molecular formula is C18H33NO6. The molecule has 0 aromatic carbocycles. The number of ether oxygens (including phenoxy) is 6. The Morgan fingerprint density at radius 1 is 0.960 bits per heavy atom. The van der Waals surface area contributed by atoms with Gasteiger partial charge in [0.15, 0.2) is 17.9 Å². The van der Waals surface area contributed by atoms with Crippen LogP contribution in [0.5, 0.6) is 0 Å². The summed E-state index contributed by atoms with van der Waals surface area (Å²) < 4.78 is 36.4. The van der Waals surface area contributed by atoms with E-state index in [2.05, 4.69) is 19.0 Å². The van der Waals surface area contributed by atoms with Gasteiger partial charge in [-0.25, -0.2) is 0 Å². The average molecular weight is 359 g/mol. The molecule has 7 nitrogen and oxygen atoms in total. The van der Waals surface area contributed by atoms with Gasteiger partial charge in [0, 0.05) is 6.61 Å². The maximum atomic E-state index is 6.35. The molecule has 3 rings (SSSR count). The van der Waals surface area contributed by atoms with Gasteiger partial charge in [-0.15, -0.1) is 0 Å². The van der Waals surface area contributed by atoms with Gasteiger partial charge in [-0.1, -0.05) is 0 Å². The van der Waals surface area contributed by atoms with E-state index in [9.17, 15) is 0 Å². The molecule has 0 radical (unpaired) electrons. The number of fused-ring (bicyclic) bond motifs is 1. The van der Waals surface area contributed by atoms with Crippen LogP contribution in [0, 0.1) is 0 Å². The molecule has 0 amide bonds. The zero-order chi connectivity index (χ0) is 18.5. The molecule has 0 saturated carbocycles. The summed E-state index contributed by atoms with van der Waals surface area (Å²) in [6.07, 6.45) is -0.329. The maximum Gasteiger partial charge on any atom is 0.190 e. The van der Waals surface area contributed by atoms with E-state index < -0.39 is 23.5 Å². The Labute approximate surface area is 150 Å². The van der Waals surface area contributed by atoms with Gasteiger partial charge in [0.1, 0.15) is 23.9 Å². The fraction of sp³-hybridized carbons (Fsp3) is 1.00. The predicted octanol–water partition coefficient (Wildman–Crippen LogP) is 1.74. The summed E-state index contributed by atoms with van der Waals surface area (Å²) in [5, 5.41) is 0. The molecule has 0 N–H and O–H groups in total. The van der Waals surface area contributed by atoms with Crippen molar-refractivity contribution >= 4 is 0 Å². The first-order valence-electron chi connectivity index (χ1n) is 9.14. The minimum absolute atomic E-state index is 0.213. The van der Waals surface area contributed by atoms with E-state index in [4.69, 9.17) is 28.4 Å². The first-order valence-corrected chi connectivity index (χ1v) is 9.14. The van der Waals surface area contributed by atoms with E-state index in [1.54, 1.807) is 0 Å². The normalized spacial score (nSPS) is 42.2. The van der Waals surface area contributed by atoms with E-state index in [-0.39, 0.29) is 18.3 Å². The molecule has 5 unspecified atom stereocenters. The molecule has 7 heteroatoms.